The van der Waals surface area contributed by atoms with E-state index in [0.29, 0.717) is 6.04 Å². The Morgan fingerprint density at radius 2 is 2.12 bits per heavy atom. The van der Waals surface area contributed by atoms with Crippen molar-refractivity contribution in [2.45, 2.75) is 6.04 Å². The van der Waals surface area contributed by atoms with E-state index in [1.54, 1.807) is 7.05 Å². The molecule has 96 valence electrons. The Hall–Kier alpha value is -1.07. The summed E-state index contributed by atoms with van der Waals surface area (Å²) < 4.78 is 0. The minimum absolute atomic E-state index is 0.625. The van der Waals surface area contributed by atoms with Gasteiger partial charge in [0, 0.05) is 58.9 Å². The number of aliphatic imine (C=N–C) groups is 1. The summed E-state index contributed by atoms with van der Waals surface area (Å²) in [4.78, 5) is 9.31. The van der Waals surface area contributed by atoms with Crippen LogP contribution in [0, 0.1) is 0 Å². The first kappa shape index (κ1) is 12.4. The lowest BCUT2D eigenvalue weighted by Gasteiger charge is -2.47. The van der Waals surface area contributed by atoms with Gasteiger partial charge < -0.3 is 10.6 Å². The molecule has 3 fully saturated rings. The normalized spacial score (nSPS) is 32.3. The molecule has 0 amide bonds. The zero-order chi connectivity index (χ0) is 12.1. The molecular weight excluding hydrogens is 214 g/mol. The molecule has 0 saturated carbocycles. The molecule has 0 aromatic rings. The van der Waals surface area contributed by atoms with Crippen molar-refractivity contribution in [1.29, 1.82) is 0 Å². The molecule has 0 aliphatic carbocycles. The van der Waals surface area contributed by atoms with Gasteiger partial charge in [-0.15, -0.1) is 6.58 Å². The maximum atomic E-state index is 4.19. The van der Waals surface area contributed by atoms with Crippen LogP contribution in [0.5, 0.6) is 0 Å². The molecule has 3 heterocycles. The topological polar surface area (TPSA) is 42.9 Å². The molecule has 0 spiro atoms. The van der Waals surface area contributed by atoms with Crippen LogP contribution < -0.4 is 10.6 Å². The van der Waals surface area contributed by atoms with Crippen LogP contribution in [0.25, 0.3) is 0 Å². The smallest absolute Gasteiger partial charge is 0.191 e. The minimum atomic E-state index is 0.625. The number of hydrogen-bond donors (Lipinski definition) is 2. The third kappa shape index (κ3) is 3.20. The highest BCUT2D eigenvalue weighted by Gasteiger charge is 2.31. The Bertz CT molecular complexity index is 281. The second kappa shape index (κ2) is 6.02. The molecule has 0 aromatic carbocycles. The monoisotopic (exact) mass is 237 g/mol. The van der Waals surface area contributed by atoms with E-state index in [0.717, 1.165) is 19.0 Å². The lowest BCUT2D eigenvalue weighted by molar-refractivity contribution is 0.0154. The van der Waals surface area contributed by atoms with E-state index in [1.807, 2.05) is 6.08 Å². The zero-order valence-electron chi connectivity index (χ0n) is 10.7. The first-order valence-electron chi connectivity index (χ1n) is 6.35. The highest BCUT2D eigenvalue weighted by molar-refractivity contribution is 5.79. The summed E-state index contributed by atoms with van der Waals surface area (Å²) in [5.41, 5.74) is 0. The number of nitrogens with zero attached hydrogens (tertiary/aromatic N) is 3. The fourth-order valence-corrected chi connectivity index (χ4v) is 2.52. The second-order valence-electron chi connectivity index (χ2n) is 4.61. The summed E-state index contributed by atoms with van der Waals surface area (Å²) in [7, 11) is 1.80. The van der Waals surface area contributed by atoms with Crippen LogP contribution in [0.15, 0.2) is 17.6 Å². The molecule has 0 radical (unpaired) electrons. The van der Waals surface area contributed by atoms with Crippen molar-refractivity contribution in [1.82, 2.24) is 20.4 Å². The minimum Gasteiger partial charge on any atom is -0.355 e. The van der Waals surface area contributed by atoms with Gasteiger partial charge in [0.2, 0.25) is 0 Å². The second-order valence-corrected chi connectivity index (χ2v) is 4.61. The third-order valence-electron chi connectivity index (χ3n) is 3.53. The molecule has 1 atom stereocenters. The molecule has 3 aliphatic rings. The summed E-state index contributed by atoms with van der Waals surface area (Å²) in [5, 5.41) is 6.57. The predicted molar refractivity (Wildman–Crippen MR) is 71.4 cm³/mol. The van der Waals surface area contributed by atoms with Crippen molar-refractivity contribution in [3.8, 4) is 0 Å². The van der Waals surface area contributed by atoms with E-state index in [4.69, 9.17) is 0 Å². The van der Waals surface area contributed by atoms with Crippen LogP contribution in [0.1, 0.15) is 0 Å². The molecular formula is C12H23N5. The average Bonchev–Trinajstić information content (AvgIpc) is 2.40. The van der Waals surface area contributed by atoms with Crippen molar-refractivity contribution in [3.63, 3.8) is 0 Å². The van der Waals surface area contributed by atoms with E-state index in [-0.39, 0.29) is 0 Å². The molecule has 5 nitrogen and oxygen atoms in total. The molecule has 3 rings (SSSR count). The van der Waals surface area contributed by atoms with E-state index < -0.39 is 0 Å². The Morgan fingerprint density at radius 1 is 1.35 bits per heavy atom. The van der Waals surface area contributed by atoms with Gasteiger partial charge in [0.25, 0.3) is 0 Å². The highest BCUT2D eigenvalue weighted by atomic mass is 15.4. The SMILES string of the molecule is C=CCNC(=NC)NCC1CN2CCN1CC2. The molecule has 2 N–H and O–H groups in total. The van der Waals surface area contributed by atoms with Crippen LogP contribution in [-0.4, -0.2) is 74.7 Å². The summed E-state index contributed by atoms with van der Waals surface area (Å²) in [5.74, 6) is 0.863. The van der Waals surface area contributed by atoms with Crippen LogP contribution in [-0.2, 0) is 0 Å². The molecule has 1 unspecified atom stereocenters. The van der Waals surface area contributed by atoms with Crippen molar-refractivity contribution in [2.75, 3.05) is 52.9 Å². The molecule has 17 heavy (non-hydrogen) atoms. The summed E-state index contributed by atoms with van der Waals surface area (Å²) in [6.07, 6.45) is 1.84. The third-order valence-corrected chi connectivity index (χ3v) is 3.53. The molecule has 2 bridgehead atoms. The average molecular weight is 237 g/mol. The van der Waals surface area contributed by atoms with Crippen molar-refractivity contribution in [2.24, 2.45) is 4.99 Å². The van der Waals surface area contributed by atoms with E-state index in [2.05, 4.69) is 32.0 Å². The zero-order valence-corrected chi connectivity index (χ0v) is 10.7. The fourth-order valence-electron chi connectivity index (χ4n) is 2.52. The Kier molecular flexibility index (Phi) is 4.39. The van der Waals surface area contributed by atoms with Gasteiger partial charge in [-0.1, -0.05) is 6.08 Å². The number of nitrogens with one attached hydrogen (secondary N) is 2. The van der Waals surface area contributed by atoms with Crippen molar-refractivity contribution < 1.29 is 0 Å². The van der Waals surface area contributed by atoms with Gasteiger partial charge in [-0.25, -0.2) is 0 Å². The molecule has 3 saturated heterocycles. The fraction of sp³-hybridized carbons (Fsp3) is 0.750. The van der Waals surface area contributed by atoms with E-state index in [1.165, 1.54) is 32.7 Å². The van der Waals surface area contributed by atoms with Crippen LogP contribution in [0.3, 0.4) is 0 Å². The lowest BCUT2D eigenvalue weighted by atomic mass is 10.1. The maximum Gasteiger partial charge on any atom is 0.191 e. The summed E-state index contributed by atoms with van der Waals surface area (Å²) in [6.45, 7) is 11.5. The van der Waals surface area contributed by atoms with Gasteiger partial charge in [0.05, 0.1) is 0 Å². The van der Waals surface area contributed by atoms with Gasteiger partial charge >= 0.3 is 0 Å². The highest BCUT2D eigenvalue weighted by Crippen LogP contribution is 2.14. The Labute approximate surface area is 104 Å². The van der Waals surface area contributed by atoms with Gasteiger partial charge in [0.1, 0.15) is 0 Å². The van der Waals surface area contributed by atoms with E-state index >= 15 is 0 Å². The van der Waals surface area contributed by atoms with Crippen LogP contribution >= 0.6 is 0 Å². The van der Waals surface area contributed by atoms with E-state index in [9.17, 15) is 0 Å². The summed E-state index contributed by atoms with van der Waals surface area (Å²) >= 11 is 0. The standard InChI is InChI=1S/C12H23N5/c1-3-4-14-12(13-2)15-9-11-10-16-5-7-17(11)8-6-16/h3,11H,1,4-10H2,2H3,(H2,13,14,15). The largest absolute Gasteiger partial charge is 0.355 e. The van der Waals surface area contributed by atoms with Crippen LogP contribution in [0.4, 0.5) is 0 Å². The molecule has 0 aromatic heterocycles. The summed E-state index contributed by atoms with van der Waals surface area (Å²) in [6, 6.07) is 0.625. The number of rotatable bonds is 4. The van der Waals surface area contributed by atoms with Gasteiger partial charge in [-0.2, -0.15) is 0 Å². The number of hydrogen-bond acceptors (Lipinski definition) is 3. The van der Waals surface area contributed by atoms with Crippen LogP contribution in [0.2, 0.25) is 0 Å². The predicted octanol–water partition coefficient (Wildman–Crippen LogP) is -0.663. The molecule has 3 aliphatic heterocycles. The Morgan fingerprint density at radius 3 is 2.65 bits per heavy atom. The lowest BCUT2D eigenvalue weighted by Crippen LogP contribution is -2.63. The van der Waals surface area contributed by atoms with Crippen molar-refractivity contribution >= 4 is 5.96 Å². The van der Waals surface area contributed by atoms with Crippen molar-refractivity contribution in [3.05, 3.63) is 12.7 Å². The Balaban J connectivity index is 1.75. The first-order chi connectivity index (χ1) is 8.33. The maximum absolute atomic E-state index is 4.19. The quantitative estimate of drug-likeness (QED) is 0.387. The van der Waals surface area contributed by atoms with Gasteiger partial charge in [-0.05, 0) is 0 Å². The number of fused-ring (bicyclic) bond motifs is 3. The number of guanidine groups is 1. The van der Waals surface area contributed by atoms with Gasteiger partial charge in [-0.3, -0.25) is 14.8 Å². The molecule has 5 heteroatoms. The number of piperazine rings is 3. The first-order valence-corrected chi connectivity index (χ1v) is 6.35. The van der Waals surface area contributed by atoms with Gasteiger partial charge in [0.15, 0.2) is 5.96 Å².